The Morgan fingerprint density at radius 3 is 2.68 bits per heavy atom. The standard InChI is InChI=1S/C12H11F3O4/c1-2-18-11(17)6-3-8-7-9(16)4-5-10(8)19-12(13,14)15/h3-7,16H,2H2,1H3. The van der Waals surface area contributed by atoms with Crippen LogP contribution in [0, 0.1) is 0 Å². The predicted molar refractivity (Wildman–Crippen MR) is 60.5 cm³/mol. The Kier molecular flexibility index (Phi) is 4.80. The van der Waals surface area contributed by atoms with E-state index in [1.165, 1.54) is 0 Å². The molecule has 0 saturated carbocycles. The van der Waals surface area contributed by atoms with Gasteiger partial charge in [0.25, 0.3) is 0 Å². The summed E-state index contributed by atoms with van der Waals surface area (Å²) < 4.78 is 44.8. The lowest BCUT2D eigenvalue weighted by atomic mass is 10.1. The number of aromatic hydroxyl groups is 1. The van der Waals surface area contributed by atoms with Crippen LogP contribution < -0.4 is 4.74 Å². The Labute approximate surface area is 107 Å². The monoisotopic (exact) mass is 276 g/mol. The van der Waals surface area contributed by atoms with Crippen LogP contribution >= 0.6 is 0 Å². The molecular formula is C12H11F3O4. The number of hydrogen-bond donors (Lipinski definition) is 1. The fraction of sp³-hybridized carbons (Fsp3) is 0.250. The summed E-state index contributed by atoms with van der Waals surface area (Å²) in [5.74, 6) is -1.48. The first-order chi connectivity index (χ1) is 8.81. The van der Waals surface area contributed by atoms with Crippen LogP contribution in [0.1, 0.15) is 12.5 Å². The maximum Gasteiger partial charge on any atom is 0.573 e. The van der Waals surface area contributed by atoms with E-state index in [9.17, 15) is 23.1 Å². The zero-order chi connectivity index (χ0) is 14.5. The molecule has 0 aliphatic carbocycles. The summed E-state index contributed by atoms with van der Waals surface area (Å²) in [5.41, 5.74) is -0.0922. The zero-order valence-corrected chi connectivity index (χ0v) is 9.90. The normalized spacial score (nSPS) is 11.6. The number of ether oxygens (including phenoxy) is 2. The lowest BCUT2D eigenvalue weighted by Crippen LogP contribution is -2.17. The van der Waals surface area contributed by atoms with Gasteiger partial charge in [-0.25, -0.2) is 4.79 Å². The number of alkyl halides is 3. The fourth-order valence-electron chi connectivity index (χ4n) is 1.23. The molecule has 7 heteroatoms. The molecule has 0 aliphatic rings. The smallest absolute Gasteiger partial charge is 0.508 e. The van der Waals surface area contributed by atoms with Crippen molar-refractivity contribution in [1.29, 1.82) is 0 Å². The Balaban J connectivity index is 2.97. The number of benzene rings is 1. The second-order valence-corrected chi connectivity index (χ2v) is 3.36. The van der Waals surface area contributed by atoms with Crippen molar-refractivity contribution in [2.75, 3.05) is 6.61 Å². The van der Waals surface area contributed by atoms with Crippen LogP contribution in [-0.2, 0) is 9.53 Å². The third-order valence-electron chi connectivity index (χ3n) is 1.90. The number of carbonyl (C=O) groups excluding carboxylic acids is 1. The number of halogens is 3. The molecule has 1 rings (SSSR count). The summed E-state index contributed by atoms with van der Waals surface area (Å²) in [6, 6.07) is 3.03. The minimum Gasteiger partial charge on any atom is -0.508 e. The first-order valence-corrected chi connectivity index (χ1v) is 5.25. The second kappa shape index (κ2) is 6.12. The molecule has 19 heavy (non-hydrogen) atoms. The topological polar surface area (TPSA) is 55.8 Å². The number of phenolic OH excluding ortho intramolecular Hbond substituents is 1. The van der Waals surface area contributed by atoms with Gasteiger partial charge in [-0.2, -0.15) is 0 Å². The van der Waals surface area contributed by atoms with Crippen LogP contribution in [0.2, 0.25) is 0 Å². The molecule has 0 fully saturated rings. The molecule has 1 aromatic rings. The van der Waals surface area contributed by atoms with Gasteiger partial charge in [-0.1, -0.05) is 0 Å². The van der Waals surface area contributed by atoms with E-state index in [0.717, 1.165) is 30.4 Å². The molecule has 1 N–H and O–H groups in total. The van der Waals surface area contributed by atoms with Crippen LogP contribution in [0.4, 0.5) is 13.2 Å². The van der Waals surface area contributed by atoms with E-state index in [4.69, 9.17) is 0 Å². The first-order valence-electron chi connectivity index (χ1n) is 5.25. The molecule has 1 aromatic carbocycles. The SMILES string of the molecule is CCOC(=O)C=Cc1cc(O)ccc1OC(F)(F)F. The van der Waals surface area contributed by atoms with E-state index in [1.807, 2.05) is 0 Å². The Hall–Kier alpha value is -2.18. The molecule has 0 radical (unpaired) electrons. The molecule has 0 unspecified atom stereocenters. The van der Waals surface area contributed by atoms with Crippen molar-refractivity contribution in [2.24, 2.45) is 0 Å². The highest BCUT2D eigenvalue weighted by Crippen LogP contribution is 2.29. The van der Waals surface area contributed by atoms with Gasteiger partial charge < -0.3 is 14.6 Å². The first kappa shape index (κ1) is 14.9. The molecule has 0 spiro atoms. The van der Waals surface area contributed by atoms with E-state index in [0.29, 0.717) is 0 Å². The molecule has 4 nitrogen and oxygen atoms in total. The lowest BCUT2D eigenvalue weighted by molar-refractivity contribution is -0.274. The van der Waals surface area contributed by atoms with Crippen LogP contribution in [0.5, 0.6) is 11.5 Å². The number of esters is 1. The summed E-state index contributed by atoms with van der Waals surface area (Å²) in [5, 5.41) is 9.22. The summed E-state index contributed by atoms with van der Waals surface area (Å²) in [7, 11) is 0. The van der Waals surface area contributed by atoms with Gasteiger partial charge in [0.2, 0.25) is 0 Å². The minimum absolute atomic E-state index is 0.0922. The third-order valence-corrected chi connectivity index (χ3v) is 1.90. The number of phenols is 1. The lowest BCUT2D eigenvalue weighted by Gasteiger charge is -2.11. The van der Waals surface area contributed by atoms with E-state index in [-0.39, 0.29) is 17.9 Å². The van der Waals surface area contributed by atoms with Gasteiger partial charge >= 0.3 is 12.3 Å². The molecule has 104 valence electrons. The van der Waals surface area contributed by atoms with Crippen LogP contribution in [0.25, 0.3) is 6.08 Å². The zero-order valence-electron chi connectivity index (χ0n) is 9.90. The maximum absolute atomic E-state index is 12.1. The molecule has 0 aromatic heterocycles. The van der Waals surface area contributed by atoms with Crippen molar-refractivity contribution in [2.45, 2.75) is 13.3 Å². The van der Waals surface area contributed by atoms with Crippen molar-refractivity contribution in [3.05, 3.63) is 29.8 Å². The minimum atomic E-state index is -4.86. The van der Waals surface area contributed by atoms with E-state index < -0.39 is 18.1 Å². The summed E-state index contributed by atoms with van der Waals surface area (Å²) in [6.45, 7) is 1.74. The van der Waals surface area contributed by atoms with Gasteiger partial charge in [-0.15, -0.1) is 13.2 Å². The highest BCUT2D eigenvalue weighted by Gasteiger charge is 2.31. The highest BCUT2D eigenvalue weighted by molar-refractivity contribution is 5.87. The molecule has 0 saturated heterocycles. The summed E-state index contributed by atoms with van der Waals surface area (Å²) >= 11 is 0. The second-order valence-electron chi connectivity index (χ2n) is 3.36. The van der Waals surface area contributed by atoms with E-state index >= 15 is 0 Å². The van der Waals surface area contributed by atoms with Gasteiger partial charge in [0, 0.05) is 11.6 Å². The van der Waals surface area contributed by atoms with Crippen LogP contribution in [0.3, 0.4) is 0 Å². The van der Waals surface area contributed by atoms with Gasteiger partial charge in [-0.05, 0) is 31.2 Å². The van der Waals surface area contributed by atoms with E-state index in [2.05, 4.69) is 9.47 Å². The van der Waals surface area contributed by atoms with Crippen molar-refractivity contribution < 1.29 is 32.5 Å². The molecule has 0 bridgehead atoms. The van der Waals surface area contributed by atoms with Crippen LogP contribution in [0.15, 0.2) is 24.3 Å². The van der Waals surface area contributed by atoms with Gasteiger partial charge in [-0.3, -0.25) is 0 Å². The van der Waals surface area contributed by atoms with Crippen molar-refractivity contribution in [3.63, 3.8) is 0 Å². The van der Waals surface area contributed by atoms with Gasteiger partial charge in [0.05, 0.1) is 6.61 Å². The fourth-order valence-corrected chi connectivity index (χ4v) is 1.23. The number of rotatable bonds is 4. The van der Waals surface area contributed by atoms with Gasteiger partial charge in [0.1, 0.15) is 11.5 Å². The molecule has 0 amide bonds. The number of hydrogen-bond acceptors (Lipinski definition) is 4. The predicted octanol–water partition coefficient (Wildman–Crippen LogP) is 2.87. The third kappa shape index (κ3) is 5.33. The molecule has 0 atom stereocenters. The van der Waals surface area contributed by atoms with Crippen molar-refractivity contribution in [3.8, 4) is 11.5 Å². The molecule has 0 heterocycles. The van der Waals surface area contributed by atoms with Crippen molar-refractivity contribution in [1.82, 2.24) is 0 Å². The van der Waals surface area contributed by atoms with E-state index in [1.54, 1.807) is 6.92 Å². The quantitative estimate of drug-likeness (QED) is 0.678. The average molecular weight is 276 g/mol. The largest absolute Gasteiger partial charge is 0.573 e. The summed E-state index contributed by atoms with van der Waals surface area (Å²) in [4.78, 5) is 11.1. The average Bonchev–Trinajstić information content (AvgIpc) is 2.28. The Bertz CT molecular complexity index is 480. The summed E-state index contributed by atoms with van der Waals surface area (Å²) in [6.07, 6.45) is -2.84. The highest BCUT2D eigenvalue weighted by atomic mass is 19.4. The maximum atomic E-state index is 12.1. The van der Waals surface area contributed by atoms with Crippen LogP contribution in [-0.4, -0.2) is 24.0 Å². The van der Waals surface area contributed by atoms with Gasteiger partial charge in [0.15, 0.2) is 0 Å². The van der Waals surface area contributed by atoms with Crippen molar-refractivity contribution >= 4 is 12.0 Å². The Morgan fingerprint density at radius 1 is 1.42 bits per heavy atom. The molecule has 0 aliphatic heterocycles. The Morgan fingerprint density at radius 2 is 2.11 bits per heavy atom. The number of carbonyl (C=O) groups is 1. The molecular weight excluding hydrogens is 265 g/mol.